The fourth-order valence-electron chi connectivity index (χ4n) is 4.37. The minimum Gasteiger partial charge on any atom is -0.369 e. The smallest absolute Gasteiger partial charge is 0.192 e. The monoisotopic (exact) mass is 537 g/mol. The molecule has 4 rings (SSSR count). The van der Waals surface area contributed by atoms with Crippen LogP contribution in [-0.2, 0) is 13.6 Å². The molecule has 1 saturated carbocycles. The molecule has 2 aliphatic rings. The molecule has 0 bridgehead atoms. The number of anilines is 1. The summed E-state index contributed by atoms with van der Waals surface area (Å²) in [5.41, 5.74) is 2.61. The second kappa shape index (κ2) is 11.2. The van der Waals surface area contributed by atoms with Crippen molar-refractivity contribution in [2.24, 2.45) is 12.0 Å². The van der Waals surface area contributed by atoms with Gasteiger partial charge in [-0.3, -0.25) is 0 Å². The molecular weight excluding hydrogens is 501 g/mol. The van der Waals surface area contributed by atoms with E-state index < -0.39 is 0 Å². The Kier molecular flexibility index (Phi) is 8.57. The van der Waals surface area contributed by atoms with Gasteiger partial charge in [0.25, 0.3) is 0 Å². The number of hydrogen-bond acceptors (Lipinski definition) is 4. The maximum Gasteiger partial charge on any atom is 0.192 e. The van der Waals surface area contributed by atoms with E-state index in [9.17, 15) is 0 Å². The van der Waals surface area contributed by atoms with Crippen molar-refractivity contribution in [3.63, 3.8) is 0 Å². The van der Waals surface area contributed by atoms with Crippen molar-refractivity contribution in [1.82, 2.24) is 25.4 Å². The molecule has 1 aliphatic heterocycles. The Morgan fingerprint density at radius 2 is 1.71 bits per heavy atom. The minimum atomic E-state index is 0. The van der Waals surface area contributed by atoms with Crippen molar-refractivity contribution >= 4 is 35.6 Å². The first-order chi connectivity index (χ1) is 14.6. The summed E-state index contributed by atoms with van der Waals surface area (Å²) in [6.07, 6.45) is 7.52. The molecule has 8 heteroatoms. The van der Waals surface area contributed by atoms with Gasteiger partial charge in [-0.1, -0.05) is 37.0 Å². The van der Waals surface area contributed by atoms with Crippen molar-refractivity contribution in [2.45, 2.75) is 71.0 Å². The lowest BCUT2D eigenvalue weighted by atomic mass is 9.96. The maximum absolute atomic E-state index is 4.89. The number of aliphatic imine (C=N–C) groups is 1. The molecule has 2 heterocycles. The van der Waals surface area contributed by atoms with Crippen molar-refractivity contribution in [2.75, 3.05) is 18.0 Å². The average Bonchev–Trinajstić information content (AvgIpc) is 3.35. The Balaban J connectivity index is 0.00000272. The van der Waals surface area contributed by atoms with Crippen LogP contribution in [0.5, 0.6) is 0 Å². The molecule has 1 aromatic carbocycles. The van der Waals surface area contributed by atoms with Crippen LogP contribution < -0.4 is 15.5 Å². The maximum atomic E-state index is 4.89. The summed E-state index contributed by atoms with van der Waals surface area (Å²) in [5.74, 6) is 2.72. The predicted molar refractivity (Wildman–Crippen MR) is 137 cm³/mol. The van der Waals surface area contributed by atoms with Crippen molar-refractivity contribution in [1.29, 1.82) is 0 Å². The highest BCUT2D eigenvalue weighted by atomic mass is 127. The Bertz CT molecular complexity index is 855. The second-order valence-electron chi connectivity index (χ2n) is 8.78. The zero-order valence-electron chi connectivity index (χ0n) is 19.0. The number of aryl methyl sites for hydroxylation is 2. The van der Waals surface area contributed by atoms with E-state index in [0.717, 1.165) is 37.1 Å². The fraction of sp³-hybridized carbons (Fsp3) is 0.609. The Hall–Kier alpha value is -1.84. The summed E-state index contributed by atoms with van der Waals surface area (Å²) in [4.78, 5) is 7.35. The standard InChI is InChI=1S/C23H35N7.HI/c1-17-9-11-21(12-10-17)30-14-13-20(16-30)26-23(25-19-7-5-4-6-8-19)24-15-22-28-27-18(2)29(22)3;/h9-12,19-20H,4-8,13-16H2,1-3H3,(H2,24,25,26);1H. The summed E-state index contributed by atoms with van der Waals surface area (Å²) in [6.45, 7) is 6.71. The Labute approximate surface area is 203 Å². The van der Waals surface area contributed by atoms with Gasteiger partial charge >= 0.3 is 0 Å². The van der Waals surface area contributed by atoms with E-state index in [1.165, 1.54) is 43.4 Å². The van der Waals surface area contributed by atoms with Gasteiger partial charge in [0.1, 0.15) is 12.4 Å². The topological polar surface area (TPSA) is 70.4 Å². The van der Waals surface area contributed by atoms with Gasteiger partial charge in [-0.2, -0.15) is 0 Å². The zero-order chi connectivity index (χ0) is 20.9. The number of hydrogen-bond donors (Lipinski definition) is 2. The molecule has 1 aliphatic carbocycles. The predicted octanol–water partition coefficient (Wildman–Crippen LogP) is 3.70. The van der Waals surface area contributed by atoms with Crippen LogP contribution in [0.25, 0.3) is 0 Å². The first-order valence-corrected chi connectivity index (χ1v) is 11.3. The average molecular weight is 537 g/mol. The van der Waals surface area contributed by atoms with Crippen LogP contribution in [0.3, 0.4) is 0 Å². The van der Waals surface area contributed by atoms with E-state index in [2.05, 4.69) is 56.9 Å². The van der Waals surface area contributed by atoms with Gasteiger partial charge in [0, 0.05) is 37.9 Å². The molecule has 170 valence electrons. The summed E-state index contributed by atoms with van der Waals surface area (Å²) >= 11 is 0. The Morgan fingerprint density at radius 1 is 1.00 bits per heavy atom. The quantitative estimate of drug-likeness (QED) is 0.346. The number of nitrogens with one attached hydrogen (secondary N) is 2. The lowest BCUT2D eigenvalue weighted by Gasteiger charge is -2.27. The highest BCUT2D eigenvalue weighted by Gasteiger charge is 2.24. The van der Waals surface area contributed by atoms with E-state index in [0.29, 0.717) is 18.6 Å². The van der Waals surface area contributed by atoms with Gasteiger partial charge in [0.2, 0.25) is 0 Å². The lowest BCUT2D eigenvalue weighted by Crippen LogP contribution is -2.48. The second-order valence-corrected chi connectivity index (χ2v) is 8.78. The minimum absolute atomic E-state index is 0. The van der Waals surface area contributed by atoms with Crippen LogP contribution in [0, 0.1) is 13.8 Å². The zero-order valence-corrected chi connectivity index (χ0v) is 21.3. The molecule has 1 unspecified atom stereocenters. The van der Waals surface area contributed by atoms with Crippen LogP contribution in [0.1, 0.15) is 55.7 Å². The van der Waals surface area contributed by atoms with Gasteiger partial charge in [0.15, 0.2) is 11.8 Å². The van der Waals surface area contributed by atoms with Gasteiger partial charge in [-0.15, -0.1) is 34.2 Å². The van der Waals surface area contributed by atoms with Crippen molar-refractivity contribution in [3.05, 3.63) is 41.5 Å². The van der Waals surface area contributed by atoms with E-state index >= 15 is 0 Å². The number of halogens is 1. The van der Waals surface area contributed by atoms with Crippen molar-refractivity contribution in [3.8, 4) is 0 Å². The number of aromatic nitrogens is 3. The van der Waals surface area contributed by atoms with Crippen molar-refractivity contribution < 1.29 is 0 Å². The molecule has 7 nitrogen and oxygen atoms in total. The molecule has 0 radical (unpaired) electrons. The molecule has 0 amide bonds. The molecular formula is C23H36IN7. The fourth-order valence-corrected chi connectivity index (χ4v) is 4.37. The first-order valence-electron chi connectivity index (χ1n) is 11.3. The molecule has 2 fully saturated rings. The van der Waals surface area contributed by atoms with Crippen LogP contribution >= 0.6 is 24.0 Å². The van der Waals surface area contributed by atoms with E-state index in [-0.39, 0.29) is 24.0 Å². The van der Waals surface area contributed by atoms with Crippen LogP contribution in [-0.4, -0.2) is 45.9 Å². The summed E-state index contributed by atoms with van der Waals surface area (Å²) in [6, 6.07) is 9.74. The lowest BCUT2D eigenvalue weighted by molar-refractivity contribution is 0.408. The molecule has 2 N–H and O–H groups in total. The summed E-state index contributed by atoms with van der Waals surface area (Å²) < 4.78 is 2.01. The normalized spacial score (nSPS) is 19.9. The number of guanidine groups is 1. The van der Waals surface area contributed by atoms with Gasteiger partial charge in [-0.05, 0) is 45.2 Å². The van der Waals surface area contributed by atoms with Crippen LogP contribution in [0.15, 0.2) is 29.3 Å². The highest BCUT2D eigenvalue weighted by Crippen LogP contribution is 2.21. The van der Waals surface area contributed by atoms with Gasteiger partial charge in [0.05, 0.1) is 0 Å². The number of benzene rings is 1. The Morgan fingerprint density at radius 3 is 2.39 bits per heavy atom. The largest absolute Gasteiger partial charge is 0.369 e. The summed E-state index contributed by atoms with van der Waals surface area (Å²) in [5, 5.41) is 15.8. The van der Waals surface area contributed by atoms with Crippen LogP contribution in [0.2, 0.25) is 0 Å². The first kappa shape index (κ1) is 23.8. The SMILES string of the molecule is Cc1ccc(N2CCC(NC(=NCc3nnc(C)n3C)NC3CCCCC3)C2)cc1.I. The number of nitrogens with zero attached hydrogens (tertiary/aromatic N) is 5. The third-order valence-corrected chi connectivity index (χ3v) is 6.44. The molecule has 1 aromatic heterocycles. The molecule has 1 saturated heterocycles. The molecule has 1 atom stereocenters. The van der Waals surface area contributed by atoms with E-state index in [1.807, 2.05) is 18.5 Å². The van der Waals surface area contributed by atoms with Gasteiger partial charge < -0.3 is 20.1 Å². The van der Waals surface area contributed by atoms with E-state index in [1.54, 1.807) is 0 Å². The molecule has 2 aromatic rings. The third-order valence-electron chi connectivity index (χ3n) is 6.44. The molecule has 0 spiro atoms. The summed E-state index contributed by atoms with van der Waals surface area (Å²) in [7, 11) is 2.00. The van der Waals surface area contributed by atoms with E-state index in [4.69, 9.17) is 4.99 Å². The number of rotatable bonds is 5. The third kappa shape index (κ3) is 6.33. The van der Waals surface area contributed by atoms with Gasteiger partial charge in [-0.25, -0.2) is 4.99 Å². The molecule has 31 heavy (non-hydrogen) atoms. The highest BCUT2D eigenvalue weighted by molar-refractivity contribution is 14.0. The van der Waals surface area contributed by atoms with Crippen LogP contribution in [0.4, 0.5) is 5.69 Å².